The van der Waals surface area contributed by atoms with Crippen LogP contribution >= 0.6 is 11.3 Å². The molecule has 0 aliphatic rings. The van der Waals surface area contributed by atoms with E-state index in [1.165, 1.54) is 35.7 Å². The van der Waals surface area contributed by atoms with Crippen molar-refractivity contribution in [2.75, 3.05) is 0 Å². The first-order valence-electron chi connectivity index (χ1n) is 6.18. The largest absolute Gasteiger partial charge is 0.506 e. The van der Waals surface area contributed by atoms with Gasteiger partial charge in [0.15, 0.2) is 0 Å². The fraction of sp³-hybridized carbons (Fsp3) is 0.0667. The molecule has 3 nitrogen and oxygen atoms in total. The highest BCUT2D eigenvalue weighted by Crippen LogP contribution is 2.27. The van der Waals surface area contributed by atoms with Crippen LogP contribution in [0.3, 0.4) is 0 Å². The smallest absolute Gasteiger partial charge is 0.455 e. The molecule has 2 rings (SSSR count). The van der Waals surface area contributed by atoms with Crippen molar-refractivity contribution in [2.45, 2.75) is 6.18 Å². The van der Waals surface area contributed by atoms with Crippen molar-refractivity contribution >= 4 is 34.8 Å². The van der Waals surface area contributed by atoms with Crippen LogP contribution in [0.15, 0.2) is 52.3 Å². The fourth-order valence-corrected chi connectivity index (χ4v) is 2.30. The highest BCUT2D eigenvalue weighted by atomic mass is 32.1. The summed E-state index contributed by atoms with van der Waals surface area (Å²) in [4.78, 5) is 15.1. The van der Waals surface area contributed by atoms with Crippen LogP contribution < -0.4 is 0 Å². The van der Waals surface area contributed by atoms with Gasteiger partial charge in [-0.15, -0.1) is 11.3 Å². The molecular weight excluding hydrogens is 334 g/mol. The monoisotopic (exact) mass is 343 g/mol. The number of rotatable bonds is 4. The molecule has 0 saturated heterocycles. The number of thiophene rings is 1. The van der Waals surface area contributed by atoms with Gasteiger partial charge in [-0.3, -0.25) is 9.79 Å². The lowest BCUT2D eigenvalue weighted by molar-refractivity contribution is -0.165. The third kappa shape index (κ3) is 4.04. The zero-order valence-electron chi connectivity index (χ0n) is 11.3. The number of allylic oxidation sites excluding steroid dienone is 1. The van der Waals surface area contributed by atoms with Crippen LogP contribution in [-0.2, 0) is 4.79 Å². The Morgan fingerprint density at radius 2 is 1.87 bits per heavy atom. The molecule has 2 aromatic rings. The van der Waals surface area contributed by atoms with Crippen molar-refractivity contribution in [2.24, 2.45) is 4.99 Å². The van der Waals surface area contributed by atoms with Crippen LogP contribution in [-0.4, -0.2) is 23.3 Å². The minimum absolute atomic E-state index is 0.0672. The SMILES string of the molecule is O=C(C(C=Nc1ccccc1F)=C(O)c1cccs1)C(F)(F)F. The van der Waals surface area contributed by atoms with Gasteiger partial charge < -0.3 is 5.11 Å². The molecule has 0 radical (unpaired) electrons. The maximum absolute atomic E-state index is 13.5. The molecule has 0 bridgehead atoms. The second-order valence-corrected chi connectivity index (χ2v) is 5.22. The number of hydrogen-bond donors (Lipinski definition) is 1. The van der Waals surface area contributed by atoms with E-state index in [1.54, 1.807) is 0 Å². The number of ketones is 1. The Morgan fingerprint density at radius 3 is 2.43 bits per heavy atom. The van der Waals surface area contributed by atoms with E-state index in [1.807, 2.05) is 0 Å². The Bertz CT molecular complexity index is 764. The van der Waals surface area contributed by atoms with E-state index in [0.29, 0.717) is 6.21 Å². The van der Waals surface area contributed by atoms with Crippen LogP contribution in [0.25, 0.3) is 5.76 Å². The molecule has 1 N–H and O–H groups in total. The van der Waals surface area contributed by atoms with Crippen molar-refractivity contribution in [3.8, 4) is 0 Å². The summed E-state index contributed by atoms with van der Waals surface area (Å²) in [6, 6.07) is 7.96. The number of benzene rings is 1. The quantitative estimate of drug-likeness (QED) is 0.379. The zero-order chi connectivity index (χ0) is 17.0. The van der Waals surface area contributed by atoms with Crippen molar-refractivity contribution in [1.29, 1.82) is 0 Å². The van der Waals surface area contributed by atoms with Crippen molar-refractivity contribution < 1.29 is 27.5 Å². The van der Waals surface area contributed by atoms with Crippen molar-refractivity contribution in [1.82, 2.24) is 0 Å². The maximum Gasteiger partial charge on any atom is 0.455 e. The van der Waals surface area contributed by atoms with Crippen LogP contribution in [0.2, 0.25) is 0 Å². The van der Waals surface area contributed by atoms with Gasteiger partial charge in [-0.2, -0.15) is 13.2 Å². The number of halogens is 4. The van der Waals surface area contributed by atoms with Crippen LogP contribution in [0.4, 0.5) is 23.2 Å². The highest BCUT2D eigenvalue weighted by Gasteiger charge is 2.41. The lowest BCUT2D eigenvalue weighted by atomic mass is 10.1. The molecule has 0 unspecified atom stereocenters. The van der Waals surface area contributed by atoms with Crippen LogP contribution in [0.1, 0.15) is 4.88 Å². The van der Waals surface area contributed by atoms with Gasteiger partial charge >= 0.3 is 6.18 Å². The molecule has 1 heterocycles. The molecule has 0 fully saturated rings. The number of alkyl halides is 3. The standard InChI is InChI=1S/C15H9F4NO2S/c16-10-4-1-2-5-11(10)20-8-9(14(22)15(17,18)19)13(21)12-6-3-7-23-12/h1-8,21H. The topological polar surface area (TPSA) is 49.7 Å². The summed E-state index contributed by atoms with van der Waals surface area (Å²) in [6.45, 7) is 0. The number of hydrogen-bond acceptors (Lipinski definition) is 4. The first-order valence-corrected chi connectivity index (χ1v) is 7.06. The number of Topliss-reactive ketones (excluding diaryl/α,β-unsaturated/α-hetero) is 1. The van der Waals surface area contributed by atoms with Gasteiger partial charge in [0, 0.05) is 6.21 Å². The van der Waals surface area contributed by atoms with E-state index < -0.39 is 29.1 Å². The number of aliphatic hydroxyl groups excluding tert-OH is 1. The first-order chi connectivity index (χ1) is 10.8. The van der Waals surface area contributed by atoms with Crippen molar-refractivity contribution in [3.05, 3.63) is 58.0 Å². The Hall–Kier alpha value is -2.48. The molecule has 120 valence electrons. The minimum atomic E-state index is -5.19. The van der Waals surface area contributed by atoms with Gasteiger partial charge in [-0.25, -0.2) is 4.39 Å². The van der Waals surface area contributed by atoms with Gasteiger partial charge in [-0.1, -0.05) is 18.2 Å². The fourth-order valence-electron chi connectivity index (χ4n) is 1.62. The summed E-state index contributed by atoms with van der Waals surface area (Å²) in [7, 11) is 0. The predicted molar refractivity (Wildman–Crippen MR) is 79.5 cm³/mol. The molecular formula is C15H9F4NO2S. The second-order valence-electron chi connectivity index (χ2n) is 4.28. The molecule has 0 atom stereocenters. The van der Waals surface area contributed by atoms with Gasteiger partial charge in [0.05, 0.1) is 16.1 Å². The average molecular weight is 343 g/mol. The lowest BCUT2D eigenvalue weighted by Gasteiger charge is -2.08. The summed E-state index contributed by atoms with van der Waals surface area (Å²) in [5, 5.41) is 11.5. The maximum atomic E-state index is 13.5. The lowest BCUT2D eigenvalue weighted by Crippen LogP contribution is -2.26. The number of aliphatic imine (C=N–C) groups is 1. The molecule has 8 heteroatoms. The number of carbonyl (C=O) groups is 1. The number of aliphatic hydroxyl groups is 1. The van der Waals surface area contributed by atoms with E-state index in [0.717, 1.165) is 17.4 Å². The Labute approximate surface area is 132 Å². The minimum Gasteiger partial charge on any atom is -0.506 e. The average Bonchev–Trinajstić information content (AvgIpc) is 3.02. The Kier molecular flexibility index (Phi) is 4.95. The molecule has 0 spiro atoms. The van der Waals surface area contributed by atoms with E-state index in [-0.39, 0.29) is 10.6 Å². The summed E-state index contributed by atoms with van der Waals surface area (Å²) in [6.07, 6.45) is -4.68. The van der Waals surface area contributed by atoms with Gasteiger partial charge in [0.2, 0.25) is 0 Å². The van der Waals surface area contributed by atoms with Gasteiger partial charge in [0.25, 0.3) is 5.78 Å². The summed E-state index contributed by atoms with van der Waals surface area (Å²) in [5.74, 6) is -3.89. The molecule has 23 heavy (non-hydrogen) atoms. The molecule has 0 aliphatic carbocycles. The molecule has 0 aliphatic heterocycles. The highest BCUT2D eigenvalue weighted by molar-refractivity contribution is 7.11. The molecule has 1 aromatic heterocycles. The van der Waals surface area contributed by atoms with E-state index >= 15 is 0 Å². The van der Waals surface area contributed by atoms with Gasteiger partial charge in [-0.05, 0) is 23.6 Å². The molecule has 0 saturated carbocycles. The van der Waals surface area contributed by atoms with E-state index in [2.05, 4.69) is 4.99 Å². The first kappa shape index (κ1) is 16.9. The third-order valence-corrected chi connectivity index (χ3v) is 3.57. The van der Waals surface area contributed by atoms with Gasteiger partial charge in [0.1, 0.15) is 11.6 Å². The third-order valence-electron chi connectivity index (χ3n) is 2.70. The summed E-state index contributed by atoms with van der Waals surface area (Å²) < 4.78 is 51.5. The Morgan fingerprint density at radius 1 is 1.17 bits per heavy atom. The Balaban J connectivity index is 2.49. The number of carbonyl (C=O) groups excluding carboxylic acids is 1. The van der Waals surface area contributed by atoms with Crippen LogP contribution in [0.5, 0.6) is 0 Å². The second kappa shape index (κ2) is 6.74. The summed E-state index contributed by atoms with van der Waals surface area (Å²) >= 11 is 0.949. The van der Waals surface area contributed by atoms with Crippen LogP contribution in [0, 0.1) is 5.82 Å². The molecule has 1 aromatic carbocycles. The summed E-state index contributed by atoms with van der Waals surface area (Å²) in [5.41, 5.74) is -1.30. The zero-order valence-corrected chi connectivity index (χ0v) is 12.2. The van der Waals surface area contributed by atoms with E-state index in [4.69, 9.17) is 0 Å². The number of para-hydroxylation sites is 1. The predicted octanol–water partition coefficient (Wildman–Crippen LogP) is 4.69. The van der Waals surface area contributed by atoms with Crippen molar-refractivity contribution in [3.63, 3.8) is 0 Å². The normalized spacial score (nSPS) is 13.2. The molecule has 0 amide bonds. The van der Waals surface area contributed by atoms with E-state index in [9.17, 15) is 27.5 Å². The number of nitrogens with zero attached hydrogens (tertiary/aromatic N) is 1.